The zero-order valence-electron chi connectivity index (χ0n) is 12.5. The number of hydrogen-bond acceptors (Lipinski definition) is 6. The fourth-order valence-corrected chi connectivity index (χ4v) is 2.23. The normalized spacial score (nSPS) is 14.1. The summed E-state index contributed by atoms with van der Waals surface area (Å²) in [6, 6.07) is 9.35. The van der Waals surface area contributed by atoms with E-state index < -0.39 is 14.6 Å². The lowest BCUT2D eigenvalue weighted by atomic mass is 10.1. The quantitative estimate of drug-likeness (QED) is 0.904. The molecule has 0 saturated heterocycles. The molecule has 0 fully saturated rings. The molecule has 1 heterocycles. The number of rotatable bonds is 5. The second-order valence-corrected chi connectivity index (χ2v) is 7.93. The third kappa shape index (κ3) is 2.98. The fourth-order valence-electron chi connectivity index (χ4n) is 1.83. The molecule has 1 aromatic heterocycles. The molecule has 0 bridgehead atoms. The molecule has 1 atom stereocenters. The largest absolute Gasteiger partial charge is 0.421 e. The van der Waals surface area contributed by atoms with Gasteiger partial charge in [-0.2, -0.15) is 0 Å². The van der Waals surface area contributed by atoms with Crippen molar-refractivity contribution in [3.63, 3.8) is 0 Å². The van der Waals surface area contributed by atoms with Gasteiger partial charge in [-0.05, 0) is 26.5 Å². The van der Waals surface area contributed by atoms with Gasteiger partial charge in [0.25, 0.3) is 0 Å². The van der Waals surface area contributed by atoms with Crippen molar-refractivity contribution in [3.05, 3.63) is 47.7 Å². The minimum absolute atomic E-state index is 0.0937. The summed E-state index contributed by atoms with van der Waals surface area (Å²) in [6.45, 7) is 3.10. The first-order valence-corrected chi connectivity index (χ1v) is 8.42. The summed E-state index contributed by atoms with van der Waals surface area (Å²) in [4.78, 5) is 0. The van der Waals surface area contributed by atoms with Crippen LogP contribution in [-0.4, -0.2) is 31.9 Å². The molecule has 0 amide bonds. The van der Waals surface area contributed by atoms with Crippen molar-refractivity contribution in [2.45, 2.75) is 24.6 Å². The Balaban J connectivity index is 2.40. The highest BCUT2D eigenvalue weighted by Gasteiger charge is 2.38. The van der Waals surface area contributed by atoms with E-state index in [2.05, 4.69) is 15.5 Å². The molecule has 0 saturated carbocycles. The van der Waals surface area contributed by atoms with Gasteiger partial charge in [-0.15, -0.1) is 10.2 Å². The van der Waals surface area contributed by atoms with Crippen molar-refractivity contribution in [3.8, 4) is 0 Å². The molecule has 0 aliphatic carbocycles. The molecule has 0 radical (unpaired) electrons. The van der Waals surface area contributed by atoms with Crippen molar-refractivity contribution in [1.82, 2.24) is 15.5 Å². The number of benzene rings is 1. The molecule has 6 nitrogen and oxygen atoms in total. The van der Waals surface area contributed by atoms with Crippen molar-refractivity contribution >= 4 is 9.84 Å². The first kappa shape index (κ1) is 15.7. The second kappa shape index (κ2) is 5.57. The predicted octanol–water partition coefficient (Wildman–Crippen LogP) is 1.66. The van der Waals surface area contributed by atoms with Crippen LogP contribution in [0.5, 0.6) is 0 Å². The third-order valence-corrected chi connectivity index (χ3v) is 5.58. The van der Waals surface area contributed by atoms with E-state index in [1.165, 1.54) is 0 Å². The Bertz CT molecular complexity index is 708. The SMILES string of the molecule is CNC(c1ccccc1)c1nnc(C(C)(C)S(C)(=O)=O)o1. The molecule has 7 heteroatoms. The van der Waals surface area contributed by atoms with E-state index >= 15 is 0 Å². The van der Waals surface area contributed by atoms with Crippen LogP contribution in [-0.2, 0) is 14.6 Å². The zero-order valence-corrected chi connectivity index (χ0v) is 13.3. The molecule has 0 aliphatic rings. The zero-order chi connectivity index (χ0) is 15.7. The van der Waals surface area contributed by atoms with Crippen LogP contribution in [0.1, 0.15) is 37.2 Å². The van der Waals surface area contributed by atoms with Gasteiger partial charge in [-0.25, -0.2) is 8.42 Å². The van der Waals surface area contributed by atoms with Crippen molar-refractivity contribution in [2.24, 2.45) is 0 Å². The molecular weight excluding hydrogens is 290 g/mol. The van der Waals surface area contributed by atoms with Gasteiger partial charge in [0.05, 0.1) is 0 Å². The smallest absolute Gasteiger partial charge is 0.237 e. The molecular formula is C14H19N3O3S. The first-order valence-electron chi connectivity index (χ1n) is 6.53. The average Bonchev–Trinajstić information content (AvgIpc) is 2.90. The van der Waals surface area contributed by atoms with Crippen LogP contribution in [0.2, 0.25) is 0 Å². The highest BCUT2D eigenvalue weighted by atomic mass is 32.2. The minimum atomic E-state index is -3.36. The van der Waals surface area contributed by atoms with E-state index in [-0.39, 0.29) is 11.9 Å². The Labute approximate surface area is 124 Å². The van der Waals surface area contributed by atoms with Gasteiger partial charge >= 0.3 is 0 Å². The summed E-state index contributed by atoms with van der Waals surface area (Å²) in [6.07, 6.45) is 1.16. The lowest BCUT2D eigenvalue weighted by Crippen LogP contribution is -2.28. The van der Waals surface area contributed by atoms with Crippen molar-refractivity contribution in [2.75, 3.05) is 13.3 Å². The number of nitrogens with one attached hydrogen (secondary N) is 1. The molecule has 2 aromatic rings. The number of nitrogens with zero attached hydrogens (tertiary/aromatic N) is 2. The van der Waals surface area contributed by atoms with Crippen LogP contribution in [0.25, 0.3) is 0 Å². The lowest BCUT2D eigenvalue weighted by Gasteiger charge is -2.17. The van der Waals surface area contributed by atoms with Gasteiger partial charge < -0.3 is 9.73 Å². The molecule has 1 unspecified atom stereocenters. The maximum Gasteiger partial charge on any atom is 0.237 e. The summed E-state index contributed by atoms with van der Waals surface area (Å²) in [7, 11) is -1.57. The van der Waals surface area contributed by atoms with Gasteiger partial charge in [-0.1, -0.05) is 30.3 Å². The van der Waals surface area contributed by atoms with Crippen LogP contribution in [0.4, 0.5) is 0 Å². The molecule has 1 aromatic carbocycles. The fraction of sp³-hybridized carbons (Fsp3) is 0.429. The topological polar surface area (TPSA) is 85.1 Å². The van der Waals surface area contributed by atoms with Crippen LogP contribution >= 0.6 is 0 Å². The monoisotopic (exact) mass is 309 g/mol. The van der Waals surface area contributed by atoms with E-state index in [4.69, 9.17) is 4.42 Å². The summed E-state index contributed by atoms with van der Waals surface area (Å²) < 4.78 is 28.1. The summed E-state index contributed by atoms with van der Waals surface area (Å²) in [5, 5.41) is 11.0. The Morgan fingerprint density at radius 2 is 1.81 bits per heavy atom. The second-order valence-electron chi connectivity index (χ2n) is 5.36. The van der Waals surface area contributed by atoms with E-state index in [9.17, 15) is 8.42 Å². The Morgan fingerprint density at radius 1 is 1.19 bits per heavy atom. The lowest BCUT2D eigenvalue weighted by molar-refractivity contribution is 0.384. The highest BCUT2D eigenvalue weighted by Crippen LogP contribution is 2.30. The Hall–Kier alpha value is -1.73. The maximum absolute atomic E-state index is 11.8. The molecule has 1 N–H and O–H groups in total. The minimum Gasteiger partial charge on any atom is -0.421 e. The maximum atomic E-state index is 11.8. The van der Waals surface area contributed by atoms with Crippen LogP contribution < -0.4 is 5.32 Å². The highest BCUT2D eigenvalue weighted by molar-refractivity contribution is 7.91. The van der Waals surface area contributed by atoms with Crippen LogP contribution in [0, 0.1) is 0 Å². The Kier molecular flexibility index (Phi) is 4.15. The molecule has 21 heavy (non-hydrogen) atoms. The molecule has 2 rings (SSSR count). The van der Waals surface area contributed by atoms with Crippen LogP contribution in [0.15, 0.2) is 34.7 Å². The average molecular weight is 309 g/mol. The molecule has 0 spiro atoms. The van der Waals surface area contributed by atoms with Gasteiger partial charge in [0.2, 0.25) is 11.8 Å². The summed E-state index contributed by atoms with van der Waals surface area (Å²) >= 11 is 0. The van der Waals surface area contributed by atoms with E-state index in [1.54, 1.807) is 20.9 Å². The van der Waals surface area contributed by atoms with Gasteiger partial charge in [0.1, 0.15) is 10.8 Å². The van der Waals surface area contributed by atoms with E-state index in [1.807, 2.05) is 30.3 Å². The molecule has 0 aliphatic heterocycles. The number of sulfone groups is 1. The van der Waals surface area contributed by atoms with Crippen molar-refractivity contribution in [1.29, 1.82) is 0 Å². The predicted molar refractivity (Wildman–Crippen MR) is 79.5 cm³/mol. The van der Waals surface area contributed by atoms with Crippen molar-refractivity contribution < 1.29 is 12.8 Å². The standard InChI is InChI=1S/C14H19N3O3S/c1-14(2,21(4,18)19)13-17-16-12(20-13)11(15-3)10-8-6-5-7-9-10/h5-9,11,15H,1-4H3. The van der Waals surface area contributed by atoms with Gasteiger partial charge in [0, 0.05) is 6.26 Å². The first-order chi connectivity index (χ1) is 9.77. The summed E-state index contributed by atoms with van der Waals surface area (Å²) in [5.41, 5.74) is 0.965. The summed E-state index contributed by atoms with van der Waals surface area (Å²) in [5.74, 6) is 0.437. The van der Waals surface area contributed by atoms with Gasteiger partial charge in [-0.3, -0.25) is 0 Å². The van der Waals surface area contributed by atoms with Gasteiger partial charge in [0.15, 0.2) is 9.84 Å². The van der Waals surface area contributed by atoms with Crippen LogP contribution in [0.3, 0.4) is 0 Å². The van der Waals surface area contributed by atoms with E-state index in [0.29, 0.717) is 5.89 Å². The number of hydrogen-bond donors (Lipinski definition) is 1. The molecule has 114 valence electrons. The number of aromatic nitrogens is 2. The van der Waals surface area contributed by atoms with E-state index in [0.717, 1.165) is 11.8 Å². The Morgan fingerprint density at radius 3 is 2.33 bits per heavy atom. The third-order valence-electron chi connectivity index (χ3n) is 3.55.